The van der Waals surface area contributed by atoms with Crippen LogP contribution in [0, 0.1) is 3.57 Å². The molecular formula is C11H7IN2O5S. The third-order valence-electron chi connectivity index (χ3n) is 2.79. The minimum Gasteiger partial charge on any atom is -0.443 e. The first-order chi connectivity index (χ1) is 9.39. The number of carbonyl (C=O) groups excluding carboxylic acids is 2. The number of imide groups is 1. The molecule has 1 aromatic heterocycles. The fourth-order valence-electron chi connectivity index (χ4n) is 1.86. The lowest BCUT2D eigenvalue weighted by Crippen LogP contribution is -2.33. The van der Waals surface area contributed by atoms with Gasteiger partial charge in [0.15, 0.2) is 0 Å². The number of amides is 3. The maximum absolute atomic E-state index is 12.3. The number of benzene rings is 1. The molecule has 0 bridgehead atoms. The lowest BCUT2D eigenvalue weighted by Gasteiger charge is -2.10. The van der Waals surface area contributed by atoms with Crippen LogP contribution in [-0.4, -0.2) is 31.2 Å². The van der Waals surface area contributed by atoms with Gasteiger partial charge in [-0.15, -0.1) is 0 Å². The summed E-state index contributed by atoms with van der Waals surface area (Å²) in [4.78, 5) is 22.6. The fraction of sp³-hybridized carbons (Fsp3) is 0.0909. The molecule has 0 radical (unpaired) electrons. The van der Waals surface area contributed by atoms with Gasteiger partial charge in [-0.1, -0.05) is 6.07 Å². The van der Waals surface area contributed by atoms with Crippen LogP contribution in [-0.2, 0) is 14.8 Å². The molecule has 9 heteroatoms. The van der Waals surface area contributed by atoms with Crippen LogP contribution >= 0.6 is 22.6 Å². The van der Waals surface area contributed by atoms with E-state index in [-0.39, 0.29) is 5.09 Å². The maximum Gasteiger partial charge on any atom is 0.338 e. The van der Waals surface area contributed by atoms with Gasteiger partial charge in [-0.25, -0.2) is 9.10 Å². The lowest BCUT2D eigenvalue weighted by atomic mass is 10.3. The third-order valence-corrected chi connectivity index (χ3v) is 5.32. The van der Waals surface area contributed by atoms with Gasteiger partial charge in [-0.05, 0) is 34.7 Å². The maximum atomic E-state index is 12.3. The van der Waals surface area contributed by atoms with Crippen LogP contribution in [0.1, 0.15) is 0 Å². The van der Waals surface area contributed by atoms with Crippen molar-refractivity contribution in [3.05, 3.63) is 27.8 Å². The molecular weight excluding hydrogens is 399 g/mol. The zero-order chi connectivity index (χ0) is 14.5. The summed E-state index contributed by atoms with van der Waals surface area (Å²) in [6, 6.07) is 5.55. The Morgan fingerprint density at radius 3 is 2.65 bits per heavy atom. The van der Waals surface area contributed by atoms with E-state index in [0.717, 1.165) is 3.57 Å². The molecule has 1 aromatic carbocycles. The predicted molar refractivity (Wildman–Crippen MR) is 76.4 cm³/mol. The van der Waals surface area contributed by atoms with Crippen molar-refractivity contribution >= 4 is 55.5 Å². The molecule has 1 N–H and O–H groups in total. The second-order valence-electron chi connectivity index (χ2n) is 4.08. The SMILES string of the molecule is O=C1CN(S(=O)(=O)c2cc3c(I)cccc3o2)C(=O)N1. The number of furan rings is 1. The van der Waals surface area contributed by atoms with Gasteiger partial charge in [-0.3, -0.25) is 10.1 Å². The molecule has 1 fully saturated rings. The van der Waals surface area contributed by atoms with E-state index in [1.807, 2.05) is 5.32 Å². The molecule has 2 aromatic rings. The molecule has 1 aliphatic heterocycles. The number of hydrogen-bond donors (Lipinski definition) is 1. The van der Waals surface area contributed by atoms with E-state index in [4.69, 9.17) is 4.42 Å². The van der Waals surface area contributed by atoms with Crippen molar-refractivity contribution in [2.75, 3.05) is 6.54 Å². The highest BCUT2D eigenvalue weighted by atomic mass is 127. The average Bonchev–Trinajstić information content (AvgIpc) is 2.94. The molecule has 0 atom stereocenters. The molecule has 0 saturated carbocycles. The molecule has 2 heterocycles. The molecule has 1 saturated heterocycles. The second-order valence-corrected chi connectivity index (χ2v) is 7.04. The molecule has 0 aliphatic carbocycles. The topological polar surface area (TPSA) is 96.7 Å². The monoisotopic (exact) mass is 406 g/mol. The van der Waals surface area contributed by atoms with Gasteiger partial charge in [0.2, 0.25) is 11.0 Å². The van der Waals surface area contributed by atoms with Gasteiger partial charge < -0.3 is 4.42 Å². The zero-order valence-electron chi connectivity index (χ0n) is 9.79. The van der Waals surface area contributed by atoms with Crippen LogP contribution in [0.3, 0.4) is 0 Å². The standard InChI is InChI=1S/C11H7IN2O5S/c12-7-2-1-3-8-6(7)4-10(19-8)20(17,18)14-5-9(15)13-11(14)16/h1-4H,5H2,(H,13,15,16). The summed E-state index contributed by atoms with van der Waals surface area (Å²) >= 11 is 2.05. The quantitative estimate of drug-likeness (QED) is 0.599. The first-order valence-electron chi connectivity index (χ1n) is 5.44. The van der Waals surface area contributed by atoms with Gasteiger partial charge in [-0.2, -0.15) is 8.42 Å². The van der Waals surface area contributed by atoms with E-state index in [1.165, 1.54) is 6.07 Å². The van der Waals surface area contributed by atoms with Crippen molar-refractivity contribution in [3.8, 4) is 0 Å². The van der Waals surface area contributed by atoms with Crippen LogP contribution in [0.15, 0.2) is 33.8 Å². The molecule has 1 aliphatic rings. The largest absolute Gasteiger partial charge is 0.443 e. The van der Waals surface area contributed by atoms with Crippen molar-refractivity contribution in [3.63, 3.8) is 0 Å². The third kappa shape index (κ3) is 1.97. The van der Waals surface area contributed by atoms with Crippen LogP contribution in [0.4, 0.5) is 4.79 Å². The lowest BCUT2D eigenvalue weighted by molar-refractivity contribution is -0.118. The Labute approximate surface area is 127 Å². The van der Waals surface area contributed by atoms with Crippen molar-refractivity contribution in [2.45, 2.75) is 5.09 Å². The van der Waals surface area contributed by atoms with Crippen molar-refractivity contribution in [1.82, 2.24) is 9.62 Å². The highest BCUT2D eigenvalue weighted by Gasteiger charge is 2.39. The summed E-state index contributed by atoms with van der Waals surface area (Å²) in [5, 5.41) is 2.19. The van der Waals surface area contributed by atoms with E-state index in [1.54, 1.807) is 18.2 Å². The Hall–Kier alpha value is -1.62. The Balaban J connectivity index is 2.12. The number of carbonyl (C=O) groups is 2. The Morgan fingerprint density at radius 2 is 2.05 bits per heavy atom. The van der Waals surface area contributed by atoms with Gasteiger partial charge in [0.05, 0.1) is 0 Å². The number of sulfonamides is 1. The number of halogens is 1. The van der Waals surface area contributed by atoms with Crippen LogP contribution < -0.4 is 5.32 Å². The molecule has 7 nitrogen and oxygen atoms in total. The van der Waals surface area contributed by atoms with Crippen LogP contribution in [0.5, 0.6) is 0 Å². The summed E-state index contributed by atoms with van der Waals surface area (Å²) in [6.07, 6.45) is 0. The minimum atomic E-state index is -4.17. The smallest absolute Gasteiger partial charge is 0.338 e. The van der Waals surface area contributed by atoms with E-state index >= 15 is 0 Å². The number of urea groups is 1. The van der Waals surface area contributed by atoms with E-state index in [9.17, 15) is 18.0 Å². The van der Waals surface area contributed by atoms with Crippen LogP contribution in [0.25, 0.3) is 11.0 Å². The minimum absolute atomic E-state index is 0.360. The second kappa shape index (κ2) is 4.45. The van der Waals surface area contributed by atoms with Gasteiger partial charge in [0, 0.05) is 15.0 Å². The first-order valence-corrected chi connectivity index (χ1v) is 7.96. The molecule has 3 rings (SSSR count). The molecule has 0 spiro atoms. The summed E-state index contributed by atoms with van der Waals surface area (Å²) in [5.74, 6) is -0.663. The summed E-state index contributed by atoms with van der Waals surface area (Å²) < 4.78 is 31.1. The van der Waals surface area contributed by atoms with E-state index in [2.05, 4.69) is 22.6 Å². The fourth-order valence-corrected chi connectivity index (χ4v) is 3.71. The summed E-state index contributed by atoms with van der Waals surface area (Å²) in [7, 11) is -4.17. The van der Waals surface area contributed by atoms with Crippen LogP contribution in [0.2, 0.25) is 0 Å². The van der Waals surface area contributed by atoms with Gasteiger partial charge in [0.25, 0.3) is 0 Å². The number of nitrogens with zero attached hydrogens (tertiary/aromatic N) is 1. The molecule has 104 valence electrons. The van der Waals surface area contributed by atoms with Gasteiger partial charge in [0.1, 0.15) is 12.1 Å². The molecule has 20 heavy (non-hydrogen) atoms. The Kier molecular flexibility index (Phi) is 2.97. The highest BCUT2D eigenvalue weighted by Crippen LogP contribution is 2.28. The summed E-state index contributed by atoms with van der Waals surface area (Å²) in [6.45, 7) is -0.532. The summed E-state index contributed by atoms with van der Waals surface area (Å²) in [5.41, 5.74) is 0.404. The number of fused-ring (bicyclic) bond motifs is 1. The highest BCUT2D eigenvalue weighted by molar-refractivity contribution is 14.1. The van der Waals surface area contributed by atoms with E-state index < -0.39 is 28.5 Å². The van der Waals surface area contributed by atoms with Crippen molar-refractivity contribution < 1.29 is 22.4 Å². The number of nitrogens with one attached hydrogen (secondary N) is 1. The van der Waals surface area contributed by atoms with Crippen molar-refractivity contribution in [2.24, 2.45) is 0 Å². The Bertz CT molecular complexity index is 842. The molecule has 3 amide bonds. The number of hydrogen-bond acceptors (Lipinski definition) is 5. The zero-order valence-corrected chi connectivity index (χ0v) is 12.8. The normalized spacial score (nSPS) is 15.9. The van der Waals surface area contributed by atoms with Crippen molar-refractivity contribution in [1.29, 1.82) is 0 Å². The molecule has 0 unspecified atom stereocenters. The van der Waals surface area contributed by atoms with Gasteiger partial charge >= 0.3 is 16.1 Å². The van der Waals surface area contributed by atoms with E-state index in [0.29, 0.717) is 15.3 Å². The predicted octanol–water partition coefficient (Wildman–Crippen LogP) is 1.28. The number of rotatable bonds is 2. The average molecular weight is 406 g/mol. The Morgan fingerprint density at radius 1 is 1.30 bits per heavy atom. The first kappa shape index (κ1) is 13.4.